The van der Waals surface area contributed by atoms with E-state index in [0.29, 0.717) is 18.4 Å². The van der Waals surface area contributed by atoms with E-state index in [-0.39, 0.29) is 5.75 Å². The highest BCUT2D eigenvalue weighted by Crippen LogP contribution is 2.24. The zero-order chi connectivity index (χ0) is 13.0. The predicted octanol–water partition coefficient (Wildman–Crippen LogP) is 2.72. The van der Waals surface area contributed by atoms with Crippen LogP contribution >= 0.6 is 0 Å². The van der Waals surface area contributed by atoms with Crippen molar-refractivity contribution in [2.24, 2.45) is 0 Å². The van der Waals surface area contributed by atoms with Crippen molar-refractivity contribution in [1.29, 1.82) is 0 Å². The molecular formula is C12H14F3NO2. The monoisotopic (exact) mass is 261 g/mol. The summed E-state index contributed by atoms with van der Waals surface area (Å²) in [6, 6.07) is 6.00. The van der Waals surface area contributed by atoms with Gasteiger partial charge in [0.1, 0.15) is 18.1 Å². The van der Waals surface area contributed by atoms with Gasteiger partial charge in [-0.3, -0.25) is 0 Å². The minimum Gasteiger partial charge on any atom is -0.492 e. The maximum Gasteiger partial charge on any atom is 0.573 e. The molecule has 0 atom stereocenters. The highest BCUT2D eigenvalue weighted by atomic mass is 19.4. The topological polar surface area (TPSA) is 30.5 Å². The Balaban J connectivity index is 1.72. The number of hydrogen-bond donors (Lipinski definition) is 1. The summed E-state index contributed by atoms with van der Waals surface area (Å²) in [6.07, 6.45) is -2.23. The maximum absolute atomic E-state index is 11.9. The summed E-state index contributed by atoms with van der Waals surface area (Å²) in [5, 5.41) is 3.27. The van der Waals surface area contributed by atoms with Gasteiger partial charge in [-0.1, -0.05) is 0 Å². The molecular weight excluding hydrogens is 247 g/mol. The van der Waals surface area contributed by atoms with Crippen LogP contribution in [0.1, 0.15) is 12.8 Å². The van der Waals surface area contributed by atoms with Crippen molar-refractivity contribution < 1.29 is 22.6 Å². The van der Waals surface area contributed by atoms with Gasteiger partial charge in [-0.25, -0.2) is 0 Å². The fourth-order valence-corrected chi connectivity index (χ4v) is 1.46. The minimum absolute atomic E-state index is 0.244. The van der Waals surface area contributed by atoms with E-state index in [2.05, 4.69) is 10.1 Å². The third-order valence-corrected chi connectivity index (χ3v) is 2.44. The lowest BCUT2D eigenvalue weighted by Gasteiger charge is -2.10. The Morgan fingerprint density at radius 2 is 1.72 bits per heavy atom. The third kappa shape index (κ3) is 4.83. The molecule has 18 heavy (non-hydrogen) atoms. The van der Waals surface area contributed by atoms with Crippen molar-refractivity contribution in [1.82, 2.24) is 5.32 Å². The van der Waals surface area contributed by atoms with Crippen LogP contribution in [0, 0.1) is 0 Å². The van der Waals surface area contributed by atoms with E-state index in [4.69, 9.17) is 4.74 Å². The van der Waals surface area contributed by atoms with Crippen LogP contribution in [0.25, 0.3) is 0 Å². The summed E-state index contributed by atoms with van der Waals surface area (Å²) in [7, 11) is 0. The average Bonchev–Trinajstić information content (AvgIpc) is 3.08. The molecule has 0 unspecified atom stereocenters. The second-order valence-corrected chi connectivity index (χ2v) is 4.10. The van der Waals surface area contributed by atoms with Gasteiger partial charge in [0.05, 0.1) is 0 Å². The van der Waals surface area contributed by atoms with Crippen LogP contribution in [0.15, 0.2) is 24.3 Å². The number of hydrogen-bond acceptors (Lipinski definition) is 3. The van der Waals surface area contributed by atoms with Crippen LogP contribution in [-0.4, -0.2) is 25.6 Å². The molecule has 1 aromatic rings. The standard InChI is InChI=1S/C12H14F3NO2/c13-12(14,15)18-11-5-3-10(4-6-11)17-8-7-16-9-1-2-9/h3-6,9,16H,1-2,7-8H2. The lowest BCUT2D eigenvalue weighted by Crippen LogP contribution is -2.22. The Labute approximate surface area is 103 Å². The van der Waals surface area contributed by atoms with Crippen LogP contribution in [0.3, 0.4) is 0 Å². The first-order valence-corrected chi connectivity index (χ1v) is 5.75. The molecule has 0 radical (unpaired) electrons. The summed E-state index contributed by atoms with van der Waals surface area (Å²) in [5.74, 6) is 0.285. The lowest BCUT2D eigenvalue weighted by atomic mass is 10.3. The summed E-state index contributed by atoms with van der Waals surface area (Å²) >= 11 is 0. The molecule has 1 aliphatic rings. The highest BCUT2D eigenvalue weighted by molar-refractivity contribution is 5.31. The van der Waals surface area contributed by atoms with Crippen molar-refractivity contribution in [3.8, 4) is 11.5 Å². The third-order valence-electron chi connectivity index (χ3n) is 2.44. The Kier molecular flexibility index (Phi) is 3.96. The Morgan fingerprint density at radius 3 is 2.28 bits per heavy atom. The molecule has 1 aliphatic carbocycles. The molecule has 6 heteroatoms. The van der Waals surface area contributed by atoms with Gasteiger partial charge >= 0.3 is 6.36 Å². The molecule has 0 heterocycles. The van der Waals surface area contributed by atoms with Gasteiger partial charge < -0.3 is 14.8 Å². The van der Waals surface area contributed by atoms with Crippen molar-refractivity contribution in [2.75, 3.05) is 13.2 Å². The normalized spacial score (nSPS) is 15.5. The fourth-order valence-electron chi connectivity index (χ4n) is 1.46. The summed E-state index contributed by atoms with van der Waals surface area (Å²) in [5.41, 5.74) is 0. The molecule has 0 amide bonds. The van der Waals surface area contributed by atoms with Gasteiger partial charge in [-0.15, -0.1) is 13.2 Å². The van der Waals surface area contributed by atoms with Crippen molar-refractivity contribution >= 4 is 0 Å². The molecule has 1 N–H and O–H groups in total. The van der Waals surface area contributed by atoms with Gasteiger partial charge in [-0.2, -0.15) is 0 Å². The summed E-state index contributed by atoms with van der Waals surface area (Å²) < 4.78 is 44.9. The number of halogens is 3. The van der Waals surface area contributed by atoms with Crippen LogP contribution in [0.2, 0.25) is 0 Å². The van der Waals surface area contributed by atoms with Gasteiger partial charge in [0.2, 0.25) is 0 Å². The Bertz CT molecular complexity index is 374. The zero-order valence-electron chi connectivity index (χ0n) is 9.67. The highest BCUT2D eigenvalue weighted by Gasteiger charge is 2.30. The molecule has 1 saturated carbocycles. The summed E-state index contributed by atoms with van der Waals surface area (Å²) in [4.78, 5) is 0. The molecule has 1 fully saturated rings. The van der Waals surface area contributed by atoms with Crippen LogP contribution < -0.4 is 14.8 Å². The predicted molar refractivity (Wildman–Crippen MR) is 59.6 cm³/mol. The van der Waals surface area contributed by atoms with Gasteiger partial charge in [0, 0.05) is 12.6 Å². The number of rotatable bonds is 6. The molecule has 0 aromatic heterocycles. The number of ether oxygens (including phenoxy) is 2. The first-order valence-electron chi connectivity index (χ1n) is 5.75. The van der Waals surface area contributed by atoms with Gasteiger partial charge in [0.25, 0.3) is 0 Å². The first kappa shape index (κ1) is 13.0. The Morgan fingerprint density at radius 1 is 1.11 bits per heavy atom. The van der Waals surface area contributed by atoms with Crippen LogP contribution in [0.4, 0.5) is 13.2 Å². The fraction of sp³-hybridized carbons (Fsp3) is 0.500. The molecule has 0 bridgehead atoms. The molecule has 2 rings (SSSR count). The zero-order valence-corrected chi connectivity index (χ0v) is 9.67. The van der Waals surface area contributed by atoms with E-state index in [1.807, 2.05) is 0 Å². The van der Waals surface area contributed by atoms with E-state index < -0.39 is 6.36 Å². The van der Waals surface area contributed by atoms with Crippen molar-refractivity contribution in [3.63, 3.8) is 0 Å². The Hall–Kier alpha value is -1.43. The minimum atomic E-state index is -4.66. The van der Waals surface area contributed by atoms with Crippen LogP contribution in [-0.2, 0) is 0 Å². The van der Waals surface area contributed by atoms with E-state index >= 15 is 0 Å². The second kappa shape index (κ2) is 5.48. The average molecular weight is 261 g/mol. The molecule has 1 aromatic carbocycles. The van der Waals surface area contributed by atoms with Crippen molar-refractivity contribution in [3.05, 3.63) is 24.3 Å². The smallest absolute Gasteiger partial charge is 0.492 e. The molecule has 3 nitrogen and oxygen atoms in total. The molecule has 0 aliphatic heterocycles. The van der Waals surface area contributed by atoms with Crippen LogP contribution in [0.5, 0.6) is 11.5 Å². The second-order valence-electron chi connectivity index (χ2n) is 4.10. The largest absolute Gasteiger partial charge is 0.573 e. The number of nitrogens with one attached hydrogen (secondary N) is 1. The van der Waals surface area contributed by atoms with Gasteiger partial charge in [0.15, 0.2) is 0 Å². The van der Waals surface area contributed by atoms with Crippen molar-refractivity contribution in [2.45, 2.75) is 25.2 Å². The summed E-state index contributed by atoms with van der Waals surface area (Å²) in [6.45, 7) is 1.24. The van der Waals surface area contributed by atoms with E-state index in [9.17, 15) is 13.2 Å². The van der Waals surface area contributed by atoms with Gasteiger partial charge in [-0.05, 0) is 37.1 Å². The molecule has 0 saturated heterocycles. The van der Waals surface area contributed by atoms with E-state index in [1.165, 1.54) is 37.1 Å². The number of benzene rings is 1. The SMILES string of the molecule is FC(F)(F)Oc1ccc(OCCNC2CC2)cc1. The first-order chi connectivity index (χ1) is 8.53. The maximum atomic E-state index is 11.9. The molecule has 0 spiro atoms. The quantitative estimate of drug-likeness (QED) is 0.799. The lowest BCUT2D eigenvalue weighted by molar-refractivity contribution is -0.274. The van der Waals surface area contributed by atoms with E-state index in [1.54, 1.807) is 0 Å². The van der Waals surface area contributed by atoms with E-state index in [0.717, 1.165) is 6.54 Å². The number of alkyl halides is 3. The molecule has 100 valence electrons.